The molecule has 0 amide bonds. The lowest BCUT2D eigenvalue weighted by Crippen LogP contribution is -2.15. The fraction of sp³-hybridized carbons (Fsp3) is 0.200. The number of anilines is 3. The summed E-state index contributed by atoms with van der Waals surface area (Å²) in [6.45, 7) is 3.18. The zero-order valence-corrected chi connectivity index (χ0v) is 10.8. The summed E-state index contributed by atoms with van der Waals surface area (Å²) in [7, 11) is 0. The van der Waals surface area contributed by atoms with Crippen LogP contribution in [-0.4, -0.2) is 13.2 Å². The van der Waals surface area contributed by atoms with Gasteiger partial charge in [-0.15, -0.1) is 0 Å². The number of nitrogens with two attached hydrogens (primary N) is 1. The number of nitrogen functional groups attached to an aromatic ring is 1. The van der Waals surface area contributed by atoms with Crippen LogP contribution in [0.3, 0.4) is 0 Å². The molecule has 0 radical (unpaired) electrons. The zero-order valence-electron chi connectivity index (χ0n) is 10.8. The third kappa shape index (κ3) is 2.29. The van der Waals surface area contributed by atoms with Gasteiger partial charge in [0, 0.05) is 11.8 Å². The van der Waals surface area contributed by atoms with Gasteiger partial charge in [-0.3, -0.25) is 0 Å². The van der Waals surface area contributed by atoms with Crippen LogP contribution < -0.4 is 20.5 Å². The molecule has 0 bridgehead atoms. The highest BCUT2D eigenvalue weighted by molar-refractivity contribution is 5.75. The minimum absolute atomic E-state index is 0.586. The second-order valence-corrected chi connectivity index (χ2v) is 4.52. The van der Waals surface area contributed by atoms with Gasteiger partial charge in [0.25, 0.3) is 0 Å². The number of rotatable bonds is 2. The zero-order chi connectivity index (χ0) is 13.2. The van der Waals surface area contributed by atoms with Gasteiger partial charge in [0.05, 0.1) is 11.4 Å². The molecule has 3 N–H and O–H groups in total. The summed E-state index contributed by atoms with van der Waals surface area (Å²) in [5, 5.41) is 3.30. The molecule has 0 aromatic heterocycles. The fourth-order valence-corrected chi connectivity index (χ4v) is 2.07. The quantitative estimate of drug-likeness (QED) is 0.811. The van der Waals surface area contributed by atoms with Gasteiger partial charge in [-0.2, -0.15) is 0 Å². The van der Waals surface area contributed by atoms with Crippen molar-refractivity contribution in [3.05, 3.63) is 42.0 Å². The first kappa shape index (κ1) is 11.7. The molecule has 0 unspecified atom stereocenters. The van der Waals surface area contributed by atoms with E-state index in [1.807, 2.05) is 43.3 Å². The van der Waals surface area contributed by atoms with Gasteiger partial charge in [0.1, 0.15) is 13.2 Å². The van der Waals surface area contributed by atoms with E-state index in [0.717, 1.165) is 34.1 Å². The largest absolute Gasteiger partial charge is 0.486 e. The van der Waals surface area contributed by atoms with Crippen LogP contribution in [0.15, 0.2) is 36.4 Å². The second-order valence-electron chi connectivity index (χ2n) is 4.52. The number of hydrogen-bond acceptors (Lipinski definition) is 4. The summed E-state index contributed by atoms with van der Waals surface area (Å²) in [6.07, 6.45) is 0. The molecule has 2 aromatic carbocycles. The summed E-state index contributed by atoms with van der Waals surface area (Å²) in [4.78, 5) is 0. The van der Waals surface area contributed by atoms with Crippen molar-refractivity contribution in [2.24, 2.45) is 0 Å². The molecule has 1 aliphatic heterocycles. The number of nitrogens with one attached hydrogen (secondary N) is 1. The van der Waals surface area contributed by atoms with Gasteiger partial charge < -0.3 is 20.5 Å². The molecule has 0 spiro atoms. The van der Waals surface area contributed by atoms with E-state index in [9.17, 15) is 0 Å². The Morgan fingerprint density at radius 3 is 2.68 bits per heavy atom. The lowest BCUT2D eigenvalue weighted by atomic mass is 10.1. The second kappa shape index (κ2) is 4.72. The third-order valence-electron chi connectivity index (χ3n) is 3.15. The standard InChI is InChI=1S/C15H16N2O2/c1-10-3-2-4-12(15(10)16)17-11-5-6-13-14(9-11)19-8-7-18-13/h2-6,9,17H,7-8,16H2,1H3. The molecule has 0 saturated heterocycles. The first-order chi connectivity index (χ1) is 9.24. The highest BCUT2D eigenvalue weighted by atomic mass is 16.6. The van der Waals surface area contributed by atoms with Crippen molar-refractivity contribution in [3.8, 4) is 11.5 Å². The van der Waals surface area contributed by atoms with Crippen molar-refractivity contribution in [1.29, 1.82) is 0 Å². The fourth-order valence-electron chi connectivity index (χ4n) is 2.07. The Hall–Kier alpha value is -2.36. The molecule has 4 nitrogen and oxygen atoms in total. The minimum atomic E-state index is 0.586. The average molecular weight is 256 g/mol. The summed E-state index contributed by atoms with van der Waals surface area (Å²) in [5.74, 6) is 1.55. The van der Waals surface area contributed by atoms with Gasteiger partial charge in [-0.1, -0.05) is 12.1 Å². The molecular weight excluding hydrogens is 240 g/mol. The van der Waals surface area contributed by atoms with E-state index in [-0.39, 0.29) is 0 Å². The molecule has 3 rings (SSSR count). The summed E-state index contributed by atoms with van der Waals surface area (Å²) < 4.78 is 11.1. The number of hydrogen-bond donors (Lipinski definition) is 2. The Kier molecular flexibility index (Phi) is 2.91. The molecule has 1 heterocycles. The van der Waals surface area contributed by atoms with Gasteiger partial charge in [-0.25, -0.2) is 0 Å². The van der Waals surface area contributed by atoms with Crippen LogP contribution in [0.4, 0.5) is 17.1 Å². The summed E-state index contributed by atoms with van der Waals surface area (Å²) in [6, 6.07) is 11.7. The molecule has 0 atom stereocenters. The third-order valence-corrected chi connectivity index (χ3v) is 3.15. The topological polar surface area (TPSA) is 56.5 Å². The lowest BCUT2D eigenvalue weighted by Gasteiger charge is -2.19. The summed E-state index contributed by atoms with van der Waals surface area (Å²) in [5.41, 5.74) is 9.70. The monoisotopic (exact) mass is 256 g/mol. The molecule has 4 heteroatoms. The Morgan fingerprint density at radius 2 is 1.84 bits per heavy atom. The van der Waals surface area contributed by atoms with E-state index >= 15 is 0 Å². The van der Waals surface area contributed by atoms with Gasteiger partial charge in [0.2, 0.25) is 0 Å². The first-order valence-electron chi connectivity index (χ1n) is 6.26. The van der Waals surface area contributed by atoms with E-state index in [1.165, 1.54) is 0 Å². The highest BCUT2D eigenvalue weighted by Crippen LogP contribution is 2.34. The van der Waals surface area contributed by atoms with Crippen LogP contribution in [0.25, 0.3) is 0 Å². The van der Waals surface area contributed by atoms with Crippen LogP contribution in [0.5, 0.6) is 11.5 Å². The van der Waals surface area contributed by atoms with Gasteiger partial charge >= 0.3 is 0 Å². The average Bonchev–Trinajstić information content (AvgIpc) is 2.44. The molecule has 0 fully saturated rings. The van der Waals surface area contributed by atoms with E-state index in [1.54, 1.807) is 0 Å². The molecule has 98 valence electrons. The Bertz CT molecular complexity index is 611. The van der Waals surface area contributed by atoms with E-state index in [4.69, 9.17) is 15.2 Å². The van der Waals surface area contributed by atoms with Crippen LogP contribution in [0.2, 0.25) is 0 Å². The highest BCUT2D eigenvalue weighted by Gasteiger charge is 2.12. The van der Waals surface area contributed by atoms with Gasteiger partial charge in [0.15, 0.2) is 11.5 Å². The molecule has 19 heavy (non-hydrogen) atoms. The van der Waals surface area contributed by atoms with Crippen molar-refractivity contribution in [3.63, 3.8) is 0 Å². The smallest absolute Gasteiger partial charge is 0.163 e. The van der Waals surface area contributed by atoms with E-state index in [0.29, 0.717) is 13.2 Å². The van der Waals surface area contributed by atoms with Crippen molar-refractivity contribution in [2.45, 2.75) is 6.92 Å². The molecule has 2 aromatic rings. The maximum Gasteiger partial charge on any atom is 0.163 e. The van der Waals surface area contributed by atoms with Crippen molar-refractivity contribution in [1.82, 2.24) is 0 Å². The van der Waals surface area contributed by atoms with Crippen LogP contribution in [0.1, 0.15) is 5.56 Å². The number of benzene rings is 2. The first-order valence-corrected chi connectivity index (χ1v) is 6.26. The molecule has 0 saturated carbocycles. The van der Waals surface area contributed by atoms with Crippen molar-refractivity contribution in [2.75, 3.05) is 24.3 Å². The lowest BCUT2D eigenvalue weighted by molar-refractivity contribution is 0.171. The summed E-state index contributed by atoms with van der Waals surface area (Å²) >= 11 is 0. The van der Waals surface area contributed by atoms with Gasteiger partial charge in [-0.05, 0) is 30.7 Å². The number of fused-ring (bicyclic) bond motifs is 1. The predicted octanol–water partition coefficient (Wildman–Crippen LogP) is 3.09. The predicted molar refractivity (Wildman–Crippen MR) is 76.3 cm³/mol. The minimum Gasteiger partial charge on any atom is -0.486 e. The molecule has 1 aliphatic rings. The van der Waals surface area contributed by atoms with Crippen LogP contribution in [0, 0.1) is 6.92 Å². The Labute approximate surface area is 112 Å². The van der Waals surface area contributed by atoms with Crippen molar-refractivity contribution < 1.29 is 9.47 Å². The SMILES string of the molecule is Cc1cccc(Nc2ccc3c(c2)OCCO3)c1N. The molecule has 0 aliphatic carbocycles. The number of aryl methyl sites for hydroxylation is 1. The van der Waals surface area contributed by atoms with Crippen LogP contribution >= 0.6 is 0 Å². The van der Waals surface area contributed by atoms with E-state index in [2.05, 4.69) is 5.32 Å². The van der Waals surface area contributed by atoms with Crippen LogP contribution in [-0.2, 0) is 0 Å². The Balaban J connectivity index is 1.89. The molecular formula is C15H16N2O2. The Morgan fingerprint density at radius 1 is 1.05 bits per heavy atom. The van der Waals surface area contributed by atoms with Crippen molar-refractivity contribution >= 4 is 17.1 Å². The van der Waals surface area contributed by atoms with E-state index < -0.39 is 0 Å². The normalized spacial score (nSPS) is 13.1. The maximum atomic E-state index is 6.05. The number of ether oxygens (including phenoxy) is 2. The maximum absolute atomic E-state index is 6.05. The number of para-hydroxylation sites is 1.